The Kier molecular flexibility index (Phi) is 9.95. The fourth-order valence-electron chi connectivity index (χ4n) is 5.11. The van der Waals surface area contributed by atoms with E-state index in [1.807, 2.05) is 0 Å². The van der Waals surface area contributed by atoms with Gasteiger partial charge in [-0.3, -0.25) is 9.59 Å². The van der Waals surface area contributed by atoms with Gasteiger partial charge in [0.25, 0.3) is 5.91 Å². The molecule has 0 radical (unpaired) electrons. The number of halogens is 2. The van der Waals surface area contributed by atoms with E-state index in [-0.39, 0.29) is 24.2 Å². The number of amides is 2. The molecule has 42 heavy (non-hydrogen) atoms. The van der Waals surface area contributed by atoms with Gasteiger partial charge >= 0.3 is 6.09 Å². The van der Waals surface area contributed by atoms with E-state index < -0.39 is 55.7 Å². The van der Waals surface area contributed by atoms with E-state index in [0.717, 1.165) is 36.3 Å². The monoisotopic (exact) mass is 622 g/mol. The normalized spacial score (nSPS) is 19.1. The predicted octanol–water partition coefficient (Wildman–Crippen LogP) is 5.47. The highest BCUT2D eigenvalue weighted by atomic mass is 35.5. The Morgan fingerprint density at radius 2 is 1.81 bits per heavy atom. The summed E-state index contributed by atoms with van der Waals surface area (Å²) in [6, 6.07) is 6.98. The van der Waals surface area contributed by atoms with Crippen LogP contribution in [0.1, 0.15) is 68.8 Å². The lowest BCUT2D eigenvalue weighted by atomic mass is 9.93. The second-order valence-corrected chi connectivity index (χ2v) is 14.1. The molecule has 0 spiro atoms. The number of sulfone groups is 1. The van der Waals surface area contributed by atoms with Crippen LogP contribution >= 0.6 is 11.6 Å². The van der Waals surface area contributed by atoms with Gasteiger partial charge in [0.05, 0.1) is 28.4 Å². The Morgan fingerprint density at radius 1 is 1.14 bits per heavy atom. The van der Waals surface area contributed by atoms with E-state index >= 15 is 4.39 Å². The molecular formula is C30H36ClFN2O7S. The van der Waals surface area contributed by atoms with Crippen molar-refractivity contribution in [2.24, 2.45) is 5.92 Å². The molecule has 1 fully saturated rings. The summed E-state index contributed by atoms with van der Waals surface area (Å²) in [5.74, 6) is -2.58. The van der Waals surface area contributed by atoms with Gasteiger partial charge in [0.1, 0.15) is 17.5 Å². The van der Waals surface area contributed by atoms with E-state index in [9.17, 15) is 22.8 Å². The molecule has 0 unspecified atom stereocenters. The third-order valence-corrected chi connectivity index (χ3v) is 9.25. The molecule has 1 saturated heterocycles. The lowest BCUT2D eigenvalue weighted by Crippen LogP contribution is -2.51. The predicted molar refractivity (Wildman–Crippen MR) is 156 cm³/mol. The average Bonchev–Trinajstić information content (AvgIpc) is 2.97. The summed E-state index contributed by atoms with van der Waals surface area (Å²) in [5.41, 5.74) is -0.713. The number of nitrogens with one attached hydrogen (secondary N) is 1. The lowest BCUT2D eigenvalue weighted by molar-refractivity contribution is -0.120. The molecule has 0 aliphatic carbocycles. The number of benzene rings is 2. The summed E-state index contributed by atoms with van der Waals surface area (Å²) in [6.07, 6.45) is 2.29. The molecular weight excluding hydrogens is 587 g/mol. The second kappa shape index (κ2) is 13.1. The zero-order valence-corrected chi connectivity index (χ0v) is 25.5. The van der Waals surface area contributed by atoms with Gasteiger partial charge in [-0.15, -0.1) is 0 Å². The van der Waals surface area contributed by atoms with Crippen molar-refractivity contribution in [3.05, 3.63) is 58.4 Å². The number of anilines is 1. The highest BCUT2D eigenvalue weighted by Crippen LogP contribution is 2.35. The number of hydrogen-bond acceptors (Lipinski definition) is 7. The number of Topliss-reactive ketones (excluding diaryl/α,β-unsaturated/α-hetero) is 1. The first kappa shape index (κ1) is 31.9. The summed E-state index contributed by atoms with van der Waals surface area (Å²) >= 11 is 6.02. The quantitative estimate of drug-likeness (QED) is 0.388. The maximum absolute atomic E-state index is 15.4. The number of alkyl carbamates (subject to hydrolysis) is 1. The van der Waals surface area contributed by atoms with Crippen molar-refractivity contribution >= 4 is 44.9 Å². The molecule has 2 heterocycles. The third kappa shape index (κ3) is 8.08. The van der Waals surface area contributed by atoms with Crippen LogP contribution in [0.5, 0.6) is 0 Å². The number of carbonyl (C=O) groups is 3. The van der Waals surface area contributed by atoms with Gasteiger partial charge in [-0.05, 0) is 82.2 Å². The van der Waals surface area contributed by atoms with Crippen LogP contribution in [0.2, 0.25) is 5.02 Å². The van der Waals surface area contributed by atoms with Crippen molar-refractivity contribution in [2.75, 3.05) is 23.9 Å². The summed E-state index contributed by atoms with van der Waals surface area (Å²) in [6.45, 7) is 6.15. The molecule has 2 aliphatic rings. The van der Waals surface area contributed by atoms with Gasteiger partial charge in [-0.2, -0.15) is 0 Å². The SMILES string of the molecule is CC(C)(C)OC(=O)N[C@H]1CS(=O)(=O)c2cc(F)c(C(=O)CCCC3CCOCC3)cc2N(Cc2ccc(Cl)cc2)C1=O. The van der Waals surface area contributed by atoms with Gasteiger partial charge in [-0.25, -0.2) is 17.6 Å². The van der Waals surface area contributed by atoms with Gasteiger partial charge < -0.3 is 19.7 Å². The molecule has 9 nitrogen and oxygen atoms in total. The molecule has 0 saturated carbocycles. The maximum Gasteiger partial charge on any atom is 0.408 e. The zero-order chi connectivity index (χ0) is 30.7. The van der Waals surface area contributed by atoms with Gasteiger partial charge in [0.2, 0.25) is 0 Å². The number of fused-ring (bicyclic) bond motifs is 1. The molecule has 0 bridgehead atoms. The van der Waals surface area contributed by atoms with Crippen LogP contribution in [0.3, 0.4) is 0 Å². The first-order valence-electron chi connectivity index (χ1n) is 14.0. The molecule has 228 valence electrons. The molecule has 0 aromatic heterocycles. The van der Waals surface area contributed by atoms with Crippen LogP contribution < -0.4 is 10.2 Å². The maximum atomic E-state index is 15.4. The van der Waals surface area contributed by atoms with E-state index in [0.29, 0.717) is 36.1 Å². The molecule has 12 heteroatoms. The van der Waals surface area contributed by atoms with Crippen molar-refractivity contribution in [1.82, 2.24) is 5.32 Å². The zero-order valence-electron chi connectivity index (χ0n) is 24.0. The second-order valence-electron chi connectivity index (χ2n) is 11.7. The number of ether oxygens (including phenoxy) is 2. The van der Waals surface area contributed by atoms with Crippen LogP contribution in [0.25, 0.3) is 0 Å². The molecule has 2 aromatic rings. The molecule has 1 N–H and O–H groups in total. The molecule has 2 amide bonds. The topological polar surface area (TPSA) is 119 Å². The summed E-state index contributed by atoms with van der Waals surface area (Å²) in [4.78, 5) is 40.3. The Bertz CT molecular complexity index is 1430. The Hall–Kier alpha value is -3.02. The van der Waals surface area contributed by atoms with Crippen molar-refractivity contribution < 1.29 is 36.7 Å². The van der Waals surface area contributed by atoms with Crippen molar-refractivity contribution in [3.8, 4) is 0 Å². The van der Waals surface area contributed by atoms with E-state index in [4.69, 9.17) is 21.1 Å². The minimum absolute atomic E-state index is 0.0772. The standard InChI is InChI=1S/C30H36ClFN2O7S/c1-30(2,3)41-29(37)33-24-18-42(38,39)27-16-23(32)22(26(35)6-4-5-19-11-13-40-14-12-19)15-25(27)34(28(24)36)17-20-7-9-21(31)10-8-20/h7-10,15-16,19,24H,4-6,11-14,17-18H2,1-3H3,(H,33,37)/t24-/m0/s1. The van der Waals surface area contributed by atoms with Crippen molar-refractivity contribution in [2.45, 2.75) is 76.0 Å². The number of ketones is 1. The number of nitrogens with zero attached hydrogens (tertiary/aromatic N) is 1. The van der Waals surface area contributed by atoms with E-state index in [1.165, 1.54) is 0 Å². The molecule has 1 atom stereocenters. The van der Waals surface area contributed by atoms with E-state index in [1.54, 1.807) is 45.0 Å². The highest BCUT2D eigenvalue weighted by Gasteiger charge is 2.40. The minimum atomic E-state index is -4.30. The van der Waals surface area contributed by atoms with Crippen LogP contribution in [0.4, 0.5) is 14.9 Å². The van der Waals surface area contributed by atoms with Crippen LogP contribution in [-0.4, -0.2) is 56.8 Å². The Balaban J connectivity index is 1.68. The third-order valence-electron chi connectivity index (χ3n) is 7.23. The van der Waals surface area contributed by atoms with Crippen molar-refractivity contribution in [3.63, 3.8) is 0 Å². The minimum Gasteiger partial charge on any atom is -0.444 e. The number of rotatable bonds is 8. The van der Waals surface area contributed by atoms with E-state index in [2.05, 4.69) is 5.32 Å². The first-order valence-corrected chi connectivity index (χ1v) is 16.0. The molecule has 4 rings (SSSR count). The van der Waals surface area contributed by atoms with Gasteiger partial charge in [0.15, 0.2) is 15.6 Å². The lowest BCUT2D eigenvalue weighted by Gasteiger charge is -2.27. The Labute approximate surface area is 250 Å². The summed E-state index contributed by atoms with van der Waals surface area (Å²) in [7, 11) is -4.30. The smallest absolute Gasteiger partial charge is 0.408 e. The van der Waals surface area contributed by atoms with Gasteiger partial charge in [-0.1, -0.05) is 23.7 Å². The van der Waals surface area contributed by atoms with Gasteiger partial charge in [0, 0.05) is 24.7 Å². The number of carbonyl (C=O) groups excluding carboxylic acids is 3. The van der Waals surface area contributed by atoms with Crippen LogP contribution in [0, 0.1) is 11.7 Å². The fraction of sp³-hybridized carbons (Fsp3) is 0.500. The first-order chi connectivity index (χ1) is 19.7. The van der Waals surface area contributed by atoms with Crippen molar-refractivity contribution in [1.29, 1.82) is 0 Å². The summed E-state index contributed by atoms with van der Waals surface area (Å²) < 4.78 is 53.0. The largest absolute Gasteiger partial charge is 0.444 e. The highest BCUT2D eigenvalue weighted by molar-refractivity contribution is 7.91. The van der Waals surface area contributed by atoms with Crippen LogP contribution in [-0.2, 0) is 30.7 Å². The fourth-order valence-corrected chi connectivity index (χ4v) is 6.86. The summed E-state index contributed by atoms with van der Waals surface area (Å²) in [5, 5.41) is 2.83. The average molecular weight is 623 g/mol. The van der Waals surface area contributed by atoms with Crippen LogP contribution in [0.15, 0.2) is 41.3 Å². The molecule has 2 aromatic carbocycles. The Morgan fingerprint density at radius 3 is 2.45 bits per heavy atom. The number of hydrogen-bond donors (Lipinski definition) is 1. The molecule has 2 aliphatic heterocycles.